The Kier molecular flexibility index (Phi) is 3.44. The van der Waals surface area contributed by atoms with Crippen molar-refractivity contribution in [2.24, 2.45) is 10.5 Å². The first kappa shape index (κ1) is 14.6. The molecule has 6 nitrogen and oxygen atoms in total. The number of hydrogen-bond donors (Lipinski definition) is 1. The minimum atomic E-state index is -1.35. The maximum Gasteiger partial charge on any atom is 0.338 e. The van der Waals surface area contributed by atoms with Crippen LogP contribution in [0.1, 0.15) is 30.1 Å². The van der Waals surface area contributed by atoms with Crippen LogP contribution in [0.5, 0.6) is 0 Å². The number of aromatic carboxylic acids is 1. The molecule has 1 spiro atoms. The van der Waals surface area contributed by atoms with Crippen molar-refractivity contribution in [1.82, 2.24) is 0 Å². The summed E-state index contributed by atoms with van der Waals surface area (Å²) in [6.07, 6.45) is 1.10. The minimum absolute atomic E-state index is 0.212. The van der Waals surface area contributed by atoms with E-state index in [1.54, 1.807) is 6.92 Å². The SMILES string of the molecule is CC1=NN(c2ccc(C(=O)O)c(F)c2)C(=O)C12CCOCC2. The number of carboxylic acid groups (broad SMARTS) is 1. The zero-order valence-electron chi connectivity index (χ0n) is 12.0. The van der Waals surface area contributed by atoms with Gasteiger partial charge in [0.15, 0.2) is 0 Å². The highest BCUT2D eigenvalue weighted by molar-refractivity contribution is 6.18. The normalized spacial score (nSPS) is 20.4. The third-order valence-corrected chi connectivity index (χ3v) is 4.32. The maximum absolute atomic E-state index is 13.8. The van der Waals surface area contributed by atoms with E-state index in [9.17, 15) is 14.0 Å². The fraction of sp³-hybridized carbons (Fsp3) is 0.400. The zero-order chi connectivity index (χ0) is 15.9. The van der Waals surface area contributed by atoms with E-state index in [1.807, 2.05) is 0 Å². The van der Waals surface area contributed by atoms with Gasteiger partial charge in [-0.05, 0) is 31.9 Å². The Morgan fingerprint density at radius 3 is 2.68 bits per heavy atom. The molecule has 0 radical (unpaired) electrons. The molecule has 2 aliphatic heterocycles. The molecule has 7 heteroatoms. The van der Waals surface area contributed by atoms with Crippen molar-refractivity contribution in [3.05, 3.63) is 29.6 Å². The quantitative estimate of drug-likeness (QED) is 0.907. The lowest BCUT2D eigenvalue weighted by Crippen LogP contribution is -2.43. The number of ether oxygens (including phenoxy) is 1. The van der Waals surface area contributed by atoms with Crippen LogP contribution < -0.4 is 5.01 Å². The summed E-state index contributed by atoms with van der Waals surface area (Å²) in [5.41, 5.74) is -0.198. The van der Waals surface area contributed by atoms with Gasteiger partial charge < -0.3 is 9.84 Å². The molecular formula is C15H15FN2O4. The minimum Gasteiger partial charge on any atom is -0.478 e. The second-order valence-corrected chi connectivity index (χ2v) is 5.47. The Morgan fingerprint density at radius 2 is 2.09 bits per heavy atom. The predicted molar refractivity (Wildman–Crippen MR) is 76.4 cm³/mol. The van der Waals surface area contributed by atoms with Crippen LogP contribution in [0, 0.1) is 11.2 Å². The molecule has 2 heterocycles. The van der Waals surface area contributed by atoms with Gasteiger partial charge in [0.25, 0.3) is 5.91 Å². The number of rotatable bonds is 2. The fourth-order valence-corrected chi connectivity index (χ4v) is 2.93. The number of carboxylic acids is 1. The number of nitrogens with zero attached hydrogens (tertiary/aromatic N) is 2. The van der Waals surface area contributed by atoms with Crippen LogP contribution >= 0.6 is 0 Å². The molecule has 0 unspecified atom stereocenters. The van der Waals surface area contributed by atoms with E-state index in [4.69, 9.17) is 9.84 Å². The molecule has 116 valence electrons. The van der Waals surface area contributed by atoms with Crippen LogP contribution in [-0.4, -0.2) is 35.9 Å². The molecular weight excluding hydrogens is 291 g/mol. The van der Waals surface area contributed by atoms with E-state index < -0.39 is 22.8 Å². The topological polar surface area (TPSA) is 79.2 Å². The van der Waals surface area contributed by atoms with Gasteiger partial charge in [-0.25, -0.2) is 9.18 Å². The molecule has 1 aromatic rings. The van der Waals surface area contributed by atoms with E-state index in [0.29, 0.717) is 31.8 Å². The number of carbonyl (C=O) groups is 2. The van der Waals surface area contributed by atoms with Crippen LogP contribution in [0.25, 0.3) is 0 Å². The summed E-state index contributed by atoms with van der Waals surface area (Å²) in [5.74, 6) is -2.45. The molecule has 1 aromatic carbocycles. The van der Waals surface area contributed by atoms with Gasteiger partial charge in [0.2, 0.25) is 0 Å². The molecule has 1 saturated heterocycles. The second kappa shape index (κ2) is 5.17. The maximum atomic E-state index is 13.8. The van der Waals surface area contributed by atoms with Crippen molar-refractivity contribution in [2.75, 3.05) is 18.2 Å². The average molecular weight is 306 g/mol. The van der Waals surface area contributed by atoms with E-state index in [1.165, 1.54) is 6.07 Å². The Morgan fingerprint density at radius 1 is 1.41 bits per heavy atom. The monoisotopic (exact) mass is 306 g/mol. The molecule has 0 atom stereocenters. The first-order valence-electron chi connectivity index (χ1n) is 6.96. The third-order valence-electron chi connectivity index (χ3n) is 4.32. The lowest BCUT2D eigenvalue weighted by Gasteiger charge is -2.31. The van der Waals surface area contributed by atoms with Crippen molar-refractivity contribution in [1.29, 1.82) is 0 Å². The molecule has 2 aliphatic rings. The highest BCUT2D eigenvalue weighted by Crippen LogP contribution is 2.40. The van der Waals surface area contributed by atoms with Gasteiger partial charge in [-0.3, -0.25) is 4.79 Å². The number of amides is 1. The first-order chi connectivity index (χ1) is 10.5. The van der Waals surface area contributed by atoms with Crippen LogP contribution in [0.2, 0.25) is 0 Å². The van der Waals surface area contributed by atoms with Gasteiger partial charge in [0.05, 0.1) is 22.4 Å². The molecule has 0 aromatic heterocycles. The molecule has 0 aliphatic carbocycles. The first-order valence-corrected chi connectivity index (χ1v) is 6.96. The summed E-state index contributed by atoms with van der Waals surface area (Å²) in [5, 5.41) is 14.3. The van der Waals surface area contributed by atoms with Crippen LogP contribution in [0.3, 0.4) is 0 Å². The molecule has 1 fully saturated rings. The smallest absolute Gasteiger partial charge is 0.338 e. The van der Waals surface area contributed by atoms with E-state index in [0.717, 1.165) is 17.1 Å². The summed E-state index contributed by atoms with van der Waals surface area (Å²) in [7, 11) is 0. The Balaban J connectivity index is 1.95. The van der Waals surface area contributed by atoms with E-state index in [-0.39, 0.29) is 11.6 Å². The summed E-state index contributed by atoms with van der Waals surface area (Å²) in [6, 6.07) is 3.55. The number of hydrazone groups is 1. The largest absolute Gasteiger partial charge is 0.478 e. The summed E-state index contributed by atoms with van der Waals surface area (Å²) in [6.45, 7) is 2.75. The number of halogens is 1. The molecule has 1 N–H and O–H groups in total. The van der Waals surface area contributed by atoms with Crippen molar-refractivity contribution in [2.45, 2.75) is 19.8 Å². The van der Waals surface area contributed by atoms with Gasteiger partial charge in [0, 0.05) is 19.3 Å². The number of benzene rings is 1. The Labute approximate surface area is 126 Å². The molecule has 0 saturated carbocycles. The summed E-state index contributed by atoms with van der Waals surface area (Å²) in [4.78, 5) is 23.6. The van der Waals surface area contributed by atoms with Gasteiger partial charge in [0.1, 0.15) is 5.82 Å². The molecule has 3 rings (SSSR count). The zero-order valence-corrected chi connectivity index (χ0v) is 12.0. The van der Waals surface area contributed by atoms with Gasteiger partial charge in [-0.15, -0.1) is 0 Å². The van der Waals surface area contributed by atoms with Crippen LogP contribution in [-0.2, 0) is 9.53 Å². The number of hydrogen-bond acceptors (Lipinski definition) is 4. The molecule has 0 bridgehead atoms. The Bertz CT molecular complexity index is 680. The lowest BCUT2D eigenvalue weighted by atomic mass is 9.76. The highest BCUT2D eigenvalue weighted by atomic mass is 19.1. The van der Waals surface area contributed by atoms with Crippen molar-refractivity contribution in [3.8, 4) is 0 Å². The van der Waals surface area contributed by atoms with Gasteiger partial charge in [-0.1, -0.05) is 0 Å². The predicted octanol–water partition coefficient (Wildman–Crippen LogP) is 2.04. The average Bonchev–Trinajstić information content (AvgIpc) is 2.73. The van der Waals surface area contributed by atoms with Crippen molar-refractivity contribution >= 4 is 23.3 Å². The van der Waals surface area contributed by atoms with Crippen molar-refractivity contribution in [3.63, 3.8) is 0 Å². The van der Waals surface area contributed by atoms with Gasteiger partial charge >= 0.3 is 5.97 Å². The van der Waals surface area contributed by atoms with Crippen LogP contribution in [0.4, 0.5) is 10.1 Å². The third kappa shape index (κ3) is 2.09. The molecule has 1 amide bonds. The summed E-state index contributed by atoms with van der Waals surface area (Å²) < 4.78 is 19.1. The molecule has 22 heavy (non-hydrogen) atoms. The lowest BCUT2D eigenvalue weighted by molar-refractivity contribution is -0.127. The number of carbonyl (C=O) groups excluding carboxylic acids is 1. The summed E-state index contributed by atoms with van der Waals surface area (Å²) >= 11 is 0. The van der Waals surface area contributed by atoms with E-state index >= 15 is 0 Å². The second-order valence-electron chi connectivity index (χ2n) is 5.47. The van der Waals surface area contributed by atoms with Crippen LogP contribution in [0.15, 0.2) is 23.3 Å². The van der Waals surface area contributed by atoms with Gasteiger partial charge in [-0.2, -0.15) is 10.1 Å². The standard InChI is InChI=1S/C15H15FN2O4/c1-9-15(4-6-22-7-5-15)14(21)18(17-9)10-2-3-11(13(19)20)12(16)8-10/h2-3,8H,4-7H2,1H3,(H,19,20). The fourth-order valence-electron chi connectivity index (χ4n) is 2.93. The number of anilines is 1. The van der Waals surface area contributed by atoms with E-state index in [2.05, 4.69) is 5.10 Å². The van der Waals surface area contributed by atoms with Crippen molar-refractivity contribution < 1.29 is 23.8 Å². The Hall–Kier alpha value is -2.28. The highest BCUT2D eigenvalue weighted by Gasteiger charge is 2.50.